The number of halogens is 1. The van der Waals surface area contributed by atoms with Gasteiger partial charge in [0.2, 0.25) is 5.91 Å². The maximum Gasteiger partial charge on any atom is 0.230 e. The Labute approximate surface area is 139 Å². The average molecular weight is 327 g/mol. The predicted molar refractivity (Wildman–Crippen MR) is 86.4 cm³/mol. The minimum atomic E-state index is -1.23. The van der Waals surface area contributed by atoms with Crippen LogP contribution in [0.2, 0.25) is 0 Å². The first-order valence-electron chi connectivity index (χ1n) is 7.29. The third-order valence-electron chi connectivity index (χ3n) is 4.02. The van der Waals surface area contributed by atoms with Gasteiger partial charge in [0.05, 0.1) is 12.5 Å². The zero-order chi connectivity index (χ0) is 16.4. The Morgan fingerprint density at radius 1 is 1.13 bits per heavy atom. The number of amides is 1. The summed E-state index contributed by atoms with van der Waals surface area (Å²) >= 11 is 6.31. The molecule has 2 aromatic carbocycles. The second-order valence-electron chi connectivity index (χ2n) is 5.44. The van der Waals surface area contributed by atoms with Crippen molar-refractivity contribution in [1.82, 2.24) is 4.90 Å². The summed E-state index contributed by atoms with van der Waals surface area (Å²) in [5, 5.41) is 19.2. The zero-order valence-corrected chi connectivity index (χ0v) is 13.0. The second kappa shape index (κ2) is 6.41. The van der Waals surface area contributed by atoms with Gasteiger partial charge in [-0.3, -0.25) is 9.69 Å². The molecule has 0 radical (unpaired) electrons. The molecule has 4 nitrogen and oxygen atoms in total. The van der Waals surface area contributed by atoms with Crippen molar-refractivity contribution in [2.75, 3.05) is 0 Å². The Morgan fingerprint density at radius 2 is 1.74 bits per heavy atom. The minimum absolute atomic E-state index is 0.113. The first-order valence-corrected chi connectivity index (χ1v) is 7.73. The van der Waals surface area contributed by atoms with Crippen molar-refractivity contribution in [3.05, 3.63) is 71.3 Å². The molecule has 5 heteroatoms. The molecule has 3 atom stereocenters. The first kappa shape index (κ1) is 15.5. The van der Waals surface area contributed by atoms with E-state index >= 15 is 0 Å². The van der Waals surface area contributed by atoms with Crippen molar-refractivity contribution in [3.63, 3.8) is 0 Å². The number of aliphatic hydroxyl groups is 1. The molecule has 3 rings (SSSR count). The van der Waals surface area contributed by atoms with Gasteiger partial charge in [-0.1, -0.05) is 54.6 Å². The number of alkyl halides is 1. The quantitative estimate of drug-likeness (QED) is 0.863. The second-order valence-corrected chi connectivity index (χ2v) is 5.91. The number of nitrogens with zero attached hydrogens (tertiary/aromatic N) is 2. The molecule has 1 N–H and O–H groups in total. The molecular weight excluding hydrogens is 312 g/mol. The van der Waals surface area contributed by atoms with Crippen molar-refractivity contribution in [2.45, 2.75) is 24.1 Å². The lowest BCUT2D eigenvalue weighted by Crippen LogP contribution is -2.48. The van der Waals surface area contributed by atoms with Crippen LogP contribution < -0.4 is 0 Å². The standard InChI is InChI=1S/C18H15ClN2O2/c19-17-14-9-5-4-8-13(14)15(11-20)21(18(17)23)16(22)10-12-6-2-1-3-7-12/h1-9,15,17-18,23H,10H2. The molecule has 3 unspecified atom stereocenters. The van der Waals surface area contributed by atoms with Crippen LogP contribution in [0.15, 0.2) is 54.6 Å². The summed E-state index contributed by atoms with van der Waals surface area (Å²) in [7, 11) is 0. The first-order chi connectivity index (χ1) is 11.1. The number of hydrogen-bond acceptors (Lipinski definition) is 3. The number of fused-ring (bicyclic) bond motifs is 1. The topological polar surface area (TPSA) is 64.3 Å². The van der Waals surface area contributed by atoms with Crippen LogP contribution in [0, 0.1) is 11.3 Å². The van der Waals surface area contributed by atoms with Crippen molar-refractivity contribution in [1.29, 1.82) is 5.26 Å². The number of carbonyl (C=O) groups excluding carboxylic acids is 1. The van der Waals surface area contributed by atoms with Gasteiger partial charge in [0, 0.05) is 0 Å². The van der Waals surface area contributed by atoms with Gasteiger partial charge in [0.25, 0.3) is 0 Å². The molecule has 1 heterocycles. The van der Waals surface area contributed by atoms with Gasteiger partial charge >= 0.3 is 0 Å². The molecular formula is C18H15ClN2O2. The summed E-state index contributed by atoms with van der Waals surface area (Å²) in [5.74, 6) is -0.324. The van der Waals surface area contributed by atoms with Gasteiger partial charge in [0.15, 0.2) is 6.23 Å². The van der Waals surface area contributed by atoms with Gasteiger partial charge in [-0.15, -0.1) is 11.6 Å². The van der Waals surface area contributed by atoms with Crippen LogP contribution in [0.25, 0.3) is 0 Å². The molecule has 116 valence electrons. The van der Waals surface area contributed by atoms with E-state index in [0.29, 0.717) is 11.1 Å². The Morgan fingerprint density at radius 3 is 2.39 bits per heavy atom. The lowest BCUT2D eigenvalue weighted by Gasteiger charge is -2.40. The van der Waals surface area contributed by atoms with Crippen molar-refractivity contribution < 1.29 is 9.90 Å². The largest absolute Gasteiger partial charge is 0.372 e. The van der Waals surface area contributed by atoms with Gasteiger partial charge in [-0.2, -0.15) is 5.26 Å². The Bertz CT molecular complexity index is 757. The number of nitriles is 1. The van der Waals surface area contributed by atoms with Crippen LogP contribution in [-0.2, 0) is 11.2 Å². The van der Waals surface area contributed by atoms with Crippen LogP contribution in [0.3, 0.4) is 0 Å². The lowest BCUT2D eigenvalue weighted by atomic mass is 9.91. The molecule has 0 saturated carbocycles. The highest BCUT2D eigenvalue weighted by molar-refractivity contribution is 6.21. The van der Waals surface area contributed by atoms with Crippen LogP contribution in [0.1, 0.15) is 28.1 Å². The fraction of sp³-hybridized carbons (Fsp3) is 0.222. The summed E-state index contributed by atoms with van der Waals surface area (Å²) in [6.07, 6.45) is -1.12. The summed E-state index contributed by atoms with van der Waals surface area (Å²) in [6.45, 7) is 0. The van der Waals surface area contributed by atoms with E-state index in [-0.39, 0.29) is 12.3 Å². The molecule has 0 saturated heterocycles. The summed E-state index contributed by atoms with van der Waals surface area (Å²) in [6, 6.07) is 17.6. The third-order valence-corrected chi connectivity index (χ3v) is 4.48. The fourth-order valence-corrected chi connectivity index (χ4v) is 3.22. The molecule has 0 aromatic heterocycles. The smallest absolute Gasteiger partial charge is 0.230 e. The minimum Gasteiger partial charge on any atom is -0.372 e. The van der Waals surface area contributed by atoms with E-state index < -0.39 is 17.6 Å². The van der Waals surface area contributed by atoms with Crippen LogP contribution in [0.4, 0.5) is 0 Å². The highest BCUT2D eigenvalue weighted by Crippen LogP contribution is 2.41. The number of carbonyl (C=O) groups is 1. The zero-order valence-electron chi connectivity index (χ0n) is 12.3. The summed E-state index contributed by atoms with van der Waals surface area (Å²) in [5.41, 5.74) is 2.19. The highest BCUT2D eigenvalue weighted by Gasteiger charge is 2.41. The van der Waals surface area contributed by atoms with Crippen molar-refractivity contribution >= 4 is 17.5 Å². The highest BCUT2D eigenvalue weighted by atomic mass is 35.5. The van der Waals surface area contributed by atoms with E-state index in [4.69, 9.17) is 11.6 Å². The maximum absolute atomic E-state index is 12.7. The Kier molecular flexibility index (Phi) is 4.33. The van der Waals surface area contributed by atoms with Gasteiger partial charge in [-0.05, 0) is 16.7 Å². The molecule has 2 aromatic rings. The molecule has 23 heavy (non-hydrogen) atoms. The van der Waals surface area contributed by atoms with E-state index in [0.717, 1.165) is 5.56 Å². The molecule has 0 bridgehead atoms. The fourth-order valence-electron chi connectivity index (χ4n) is 2.90. The predicted octanol–water partition coefficient (Wildman–Crippen LogP) is 2.93. The average Bonchev–Trinajstić information content (AvgIpc) is 2.58. The molecule has 1 aliphatic heterocycles. The number of aliphatic hydroxyl groups excluding tert-OH is 1. The molecule has 0 fully saturated rings. The Balaban J connectivity index is 1.95. The van der Waals surface area contributed by atoms with E-state index in [1.54, 1.807) is 24.3 Å². The molecule has 1 amide bonds. The maximum atomic E-state index is 12.7. The molecule has 0 spiro atoms. The van der Waals surface area contributed by atoms with E-state index in [1.807, 2.05) is 30.3 Å². The SMILES string of the molecule is N#CC1c2ccccc2C(Cl)C(O)N1C(=O)Cc1ccccc1. The third kappa shape index (κ3) is 2.81. The van der Waals surface area contributed by atoms with Gasteiger partial charge in [0.1, 0.15) is 11.4 Å². The van der Waals surface area contributed by atoms with Gasteiger partial charge in [-0.25, -0.2) is 0 Å². The lowest BCUT2D eigenvalue weighted by molar-refractivity contribution is -0.144. The van der Waals surface area contributed by atoms with Crippen LogP contribution in [0.5, 0.6) is 0 Å². The van der Waals surface area contributed by atoms with Crippen LogP contribution >= 0.6 is 11.6 Å². The number of hydrogen-bond donors (Lipinski definition) is 1. The Hall–Kier alpha value is -2.35. The van der Waals surface area contributed by atoms with E-state index in [2.05, 4.69) is 6.07 Å². The molecule has 1 aliphatic rings. The van der Waals surface area contributed by atoms with Crippen molar-refractivity contribution in [2.24, 2.45) is 0 Å². The normalized spacial score (nSPS) is 23.0. The van der Waals surface area contributed by atoms with Gasteiger partial charge < -0.3 is 5.11 Å². The van der Waals surface area contributed by atoms with E-state index in [1.165, 1.54) is 4.90 Å². The van der Waals surface area contributed by atoms with Crippen molar-refractivity contribution in [3.8, 4) is 6.07 Å². The summed E-state index contributed by atoms with van der Waals surface area (Å²) in [4.78, 5) is 13.8. The molecule has 0 aliphatic carbocycles. The number of benzene rings is 2. The summed E-state index contributed by atoms with van der Waals surface area (Å²) < 4.78 is 0. The monoisotopic (exact) mass is 326 g/mol. The van der Waals surface area contributed by atoms with Crippen LogP contribution in [-0.4, -0.2) is 22.1 Å². The number of rotatable bonds is 2. The van der Waals surface area contributed by atoms with E-state index in [9.17, 15) is 15.2 Å².